The number of Topliss-reactive ketones (excluding diaryl/α,β-unsaturated/α-hetero) is 1. The molecule has 2 aromatic rings. The van der Waals surface area contributed by atoms with Crippen LogP contribution in [0.2, 0.25) is 5.02 Å². The van der Waals surface area contributed by atoms with Crippen LogP contribution < -0.4 is 4.74 Å². The van der Waals surface area contributed by atoms with Crippen LogP contribution in [-0.2, 0) is 0 Å². The Hall–Kier alpha value is -2.54. The first-order chi connectivity index (χ1) is 10.8. The van der Waals surface area contributed by atoms with Crippen LogP contribution in [0.4, 0.5) is 18.9 Å². The first-order valence-electron chi connectivity index (χ1n) is 6.31. The molecule has 0 aliphatic carbocycles. The maximum atomic E-state index is 12.3. The van der Waals surface area contributed by atoms with Gasteiger partial charge in [0.1, 0.15) is 11.3 Å². The van der Waals surface area contributed by atoms with E-state index in [9.17, 15) is 23.2 Å². The molecule has 4 nitrogen and oxygen atoms in total. The Bertz CT molecular complexity index is 829. The molecule has 1 heterocycles. The number of halogens is 4. The van der Waals surface area contributed by atoms with E-state index in [1.54, 1.807) is 0 Å². The summed E-state index contributed by atoms with van der Waals surface area (Å²) in [4.78, 5) is 12.3. The number of rotatable bonds is 2. The molecule has 2 aromatic carbocycles. The Morgan fingerprint density at radius 2 is 1.74 bits per heavy atom. The van der Waals surface area contributed by atoms with Crippen LogP contribution in [0.25, 0.3) is 0 Å². The van der Waals surface area contributed by atoms with Gasteiger partial charge in [0.25, 0.3) is 11.5 Å². The molecule has 0 atom stereocenters. The van der Waals surface area contributed by atoms with Gasteiger partial charge >= 0.3 is 6.36 Å². The van der Waals surface area contributed by atoms with E-state index in [1.165, 1.54) is 30.3 Å². The normalized spacial score (nSPS) is 14.2. The SMILES string of the molecule is O=C1C(c2ccc(OC(F)(F)F)cc2)=[N+]([O-])c2ccc(Cl)cc21. The Kier molecular flexibility index (Phi) is 3.52. The zero-order valence-electron chi connectivity index (χ0n) is 11.2. The zero-order chi connectivity index (χ0) is 16.8. The van der Waals surface area contributed by atoms with Crippen molar-refractivity contribution >= 4 is 28.8 Å². The van der Waals surface area contributed by atoms with Gasteiger partial charge in [0.2, 0.25) is 5.69 Å². The molecule has 0 saturated heterocycles. The molecule has 0 spiro atoms. The molecule has 0 N–H and O–H groups in total. The number of hydrogen-bond donors (Lipinski definition) is 0. The highest BCUT2D eigenvalue weighted by Crippen LogP contribution is 2.31. The summed E-state index contributed by atoms with van der Waals surface area (Å²) >= 11 is 5.81. The van der Waals surface area contributed by atoms with Crippen molar-refractivity contribution in [2.75, 3.05) is 0 Å². The predicted molar refractivity (Wildman–Crippen MR) is 76.3 cm³/mol. The molecule has 118 valence electrons. The molecule has 1 aliphatic heterocycles. The number of nitrogens with zero attached hydrogens (tertiary/aromatic N) is 1. The summed E-state index contributed by atoms with van der Waals surface area (Å²) < 4.78 is 40.6. The summed E-state index contributed by atoms with van der Waals surface area (Å²) in [5.41, 5.74) is 0.302. The molecule has 0 aromatic heterocycles. The molecule has 0 amide bonds. The van der Waals surface area contributed by atoms with Crippen molar-refractivity contribution in [2.24, 2.45) is 0 Å². The van der Waals surface area contributed by atoms with E-state index in [0.29, 0.717) is 9.76 Å². The Morgan fingerprint density at radius 1 is 1.09 bits per heavy atom. The summed E-state index contributed by atoms with van der Waals surface area (Å²) in [5.74, 6) is -0.979. The fourth-order valence-electron chi connectivity index (χ4n) is 2.27. The molecule has 1 aliphatic rings. The lowest BCUT2D eigenvalue weighted by Gasteiger charge is -2.08. The second-order valence-electron chi connectivity index (χ2n) is 4.71. The minimum absolute atomic E-state index is 0.144. The number of ketones is 1. The third-order valence-electron chi connectivity index (χ3n) is 3.20. The van der Waals surface area contributed by atoms with Crippen LogP contribution in [0.3, 0.4) is 0 Å². The number of hydrogen-bond acceptors (Lipinski definition) is 3. The van der Waals surface area contributed by atoms with Crippen molar-refractivity contribution in [1.29, 1.82) is 0 Å². The maximum absolute atomic E-state index is 12.3. The van der Waals surface area contributed by atoms with Crippen molar-refractivity contribution in [1.82, 2.24) is 0 Å². The van der Waals surface area contributed by atoms with Crippen LogP contribution in [-0.4, -0.2) is 22.6 Å². The standard InChI is InChI=1S/C15H7ClF3NO3/c16-9-3-6-12-11(7-9)14(21)13(20(12)22)8-1-4-10(5-2-8)23-15(17,18)19/h1-7H. The molecular formula is C15H7ClF3NO3. The summed E-state index contributed by atoms with van der Waals surface area (Å²) in [6.45, 7) is 0. The largest absolute Gasteiger partial charge is 0.618 e. The molecule has 8 heteroatoms. The van der Waals surface area contributed by atoms with Gasteiger partial charge in [0.05, 0.1) is 5.56 Å². The molecule has 0 fully saturated rings. The highest BCUT2D eigenvalue weighted by molar-refractivity contribution is 6.52. The molecule has 0 saturated carbocycles. The minimum Gasteiger partial charge on any atom is -0.618 e. The van der Waals surface area contributed by atoms with Gasteiger partial charge in [0.15, 0.2) is 0 Å². The van der Waals surface area contributed by atoms with E-state index in [4.69, 9.17) is 11.6 Å². The molecule has 0 radical (unpaired) electrons. The van der Waals surface area contributed by atoms with Crippen molar-refractivity contribution in [3.05, 3.63) is 63.8 Å². The quantitative estimate of drug-likeness (QED) is 0.611. The minimum atomic E-state index is -4.81. The summed E-state index contributed by atoms with van der Waals surface area (Å²) in [5, 5.41) is 12.5. The Labute approximate surface area is 133 Å². The van der Waals surface area contributed by atoms with E-state index in [1.807, 2.05) is 0 Å². The Morgan fingerprint density at radius 3 is 2.35 bits per heavy atom. The molecule has 0 unspecified atom stereocenters. The second-order valence-corrected chi connectivity index (χ2v) is 5.14. The molecule has 23 heavy (non-hydrogen) atoms. The second kappa shape index (κ2) is 5.27. The molecule has 0 bridgehead atoms. The van der Waals surface area contributed by atoms with E-state index in [2.05, 4.69) is 4.74 Å². The number of ether oxygens (including phenoxy) is 1. The number of benzene rings is 2. The van der Waals surface area contributed by atoms with Crippen molar-refractivity contribution < 1.29 is 27.4 Å². The van der Waals surface area contributed by atoms with Gasteiger partial charge in [-0.15, -0.1) is 13.2 Å². The topological polar surface area (TPSA) is 52.4 Å². The lowest BCUT2D eigenvalue weighted by molar-refractivity contribution is -0.355. The third-order valence-corrected chi connectivity index (χ3v) is 3.44. The van der Waals surface area contributed by atoms with E-state index in [-0.39, 0.29) is 22.5 Å². The fourth-order valence-corrected chi connectivity index (χ4v) is 2.44. The van der Waals surface area contributed by atoms with Gasteiger partial charge in [-0.1, -0.05) is 11.6 Å². The first kappa shape index (κ1) is 15.4. The number of carbonyl (C=O) groups is 1. The number of carbonyl (C=O) groups excluding carboxylic acids is 1. The maximum Gasteiger partial charge on any atom is 0.573 e. The van der Waals surface area contributed by atoms with Crippen molar-refractivity contribution in [3.8, 4) is 5.75 Å². The number of fused-ring (bicyclic) bond motifs is 1. The van der Waals surface area contributed by atoms with Gasteiger partial charge < -0.3 is 9.94 Å². The molecular weight excluding hydrogens is 335 g/mol. The highest BCUT2D eigenvalue weighted by atomic mass is 35.5. The van der Waals surface area contributed by atoms with Gasteiger partial charge in [0, 0.05) is 11.1 Å². The van der Waals surface area contributed by atoms with Crippen LogP contribution in [0.1, 0.15) is 15.9 Å². The van der Waals surface area contributed by atoms with Crippen molar-refractivity contribution in [2.45, 2.75) is 6.36 Å². The zero-order valence-corrected chi connectivity index (χ0v) is 12.0. The lowest BCUT2D eigenvalue weighted by atomic mass is 10.0. The van der Waals surface area contributed by atoms with Gasteiger partial charge in [-0.25, -0.2) is 0 Å². The average molecular weight is 342 g/mol. The third kappa shape index (κ3) is 2.87. The number of alkyl halides is 3. The molecule has 3 rings (SSSR count). The van der Waals surface area contributed by atoms with Gasteiger partial charge in [-0.2, -0.15) is 4.74 Å². The van der Waals surface area contributed by atoms with E-state index in [0.717, 1.165) is 12.1 Å². The van der Waals surface area contributed by atoms with Gasteiger partial charge in [-0.05, 0) is 36.4 Å². The van der Waals surface area contributed by atoms with E-state index >= 15 is 0 Å². The van der Waals surface area contributed by atoms with Crippen LogP contribution in [0.5, 0.6) is 5.75 Å². The van der Waals surface area contributed by atoms with Crippen LogP contribution in [0, 0.1) is 5.21 Å². The monoisotopic (exact) mass is 341 g/mol. The average Bonchev–Trinajstić information content (AvgIpc) is 2.70. The lowest BCUT2D eigenvalue weighted by Crippen LogP contribution is -2.18. The first-order valence-corrected chi connectivity index (χ1v) is 6.69. The summed E-state index contributed by atoms with van der Waals surface area (Å²) in [6, 6.07) is 8.76. The fraction of sp³-hybridized carbons (Fsp3) is 0.0667. The van der Waals surface area contributed by atoms with E-state index < -0.39 is 17.9 Å². The van der Waals surface area contributed by atoms with Crippen LogP contribution in [0.15, 0.2) is 42.5 Å². The smallest absolute Gasteiger partial charge is 0.573 e. The van der Waals surface area contributed by atoms with Gasteiger partial charge in [-0.3, -0.25) is 4.79 Å². The van der Waals surface area contributed by atoms with Crippen molar-refractivity contribution in [3.63, 3.8) is 0 Å². The summed E-state index contributed by atoms with van der Waals surface area (Å²) in [6.07, 6.45) is -4.81. The summed E-state index contributed by atoms with van der Waals surface area (Å²) in [7, 11) is 0. The highest BCUT2D eigenvalue weighted by Gasteiger charge is 2.37. The van der Waals surface area contributed by atoms with Crippen LogP contribution >= 0.6 is 11.6 Å². The predicted octanol–water partition coefficient (Wildman–Crippen LogP) is 4.07. The Balaban J connectivity index is 1.97.